The molecule has 1 N–H and O–H groups in total. The fourth-order valence-electron chi connectivity index (χ4n) is 3.19. The first-order valence-electron chi connectivity index (χ1n) is 8.13. The first kappa shape index (κ1) is 16.4. The summed E-state index contributed by atoms with van der Waals surface area (Å²) >= 11 is 0. The van der Waals surface area contributed by atoms with Gasteiger partial charge < -0.3 is 14.8 Å². The zero-order chi connectivity index (χ0) is 17.3. The Kier molecular flexibility index (Phi) is 4.22. The van der Waals surface area contributed by atoms with Gasteiger partial charge in [-0.15, -0.1) is 0 Å². The van der Waals surface area contributed by atoms with Crippen molar-refractivity contribution in [2.24, 2.45) is 0 Å². The number of benzene rings is 2. The van der Waals surface area contributed by atoms with Crippen LogP contribution in [0.5, 0.6) is 11.5 Å². The minimum absolute atomic E-state index is 0.0696. The van der Waals surface area contributed by atoms with Crippen LogP contribution in [-0.4, -0.2) is 18.6 Å². The third-order valence-corrected chi connectivity index (χ3v) is 4.34. The van der Waals surface area contributed by atoms with Gasteiger partial charge in [0.1, 0.15) is 17.1 Å². The Labute approximate surface area is 142 Å². The van der Waals surface area contributed by atoms with Crippen LogP contribution in [0.3, 0.4) is 0 Å². The standard InChI is InChI=1S/C20H23NO3/c1-13-11-14(9-10-17(13)23-4)19(22)21-16-12-20(2,3)24-18-8-6-5-7-15(16)18/h5-11,16H,12H2,1-4H3,(H,21,22)/t16-/m0/s1. The second-order valence-corrected chi connectivity index (χ2v) is 6.81. The van der Waals surface area contributed by atoms with Crippen molar-refractivity contribution < 1.29 is 14.3 Å². The van der Waals surface area contributed by atoms with E-state index in [0.29, 0.717) is 5.56 Å². The number of rotatable bonds is 3. The molecule has 1 atom stereocenters. The Bertz CT molecular complexity index is 767. The van der Waals surface area contributed by atoms with Crippen molar-refractivity contribution in [3.05, 3.63) is 59.2 Å². The molecule has 24 heavy (non-hydrogen) atoms. The van der Waals surface area contributed by atoms with Crippen LogP contribution in [-0.2, 0) is 0 Å². The van der Waals surface area contributed by atoms with Crippen LogP contribution in [0.4, 0.5) is 0 Å². The van der Waals surface area contributed by atoms with Crippen molar-refractivity contribution in [3.63, 3.8) is 0 Å². The van der Waals surface area contributed by atoms with Crippen LogP contribution >= 0.6 is 0 Å². The molecule has 4 nitrogen and oxygen atoms in total. The number of para-hydroxylation sites is 1. The van der Waals surface area contributed by atoms with Crippen LogP contribution in [0.1, 0.15) is 47.8 Å². The maximum Gasteiger partial charge on any atom is 0.251 e. The molecule has 2 aromatic carbocycles. The minimum atomic E-state index is -0.317. The van der Waals surface area contributed by atoms with E-state index in [9.17, 15) is 4.79 Å². The van der Waals surface area contributed by atoms with E-state index < -0.39 is 0 Å². The molecule has 0 aromatic heterocycles. The molecule has 3 rings (SSSR count). The largest absolute Gasteiger partial charge is 0.496 e. The fraction of sp³-hybridized carbons (Fsp3) is 0.350. The number of hydrogen-bond donors (Lipinski definition) is 1. The lowest BCUT2D eigenvalue weighted by Crippen LogP contribution is -2.41. The third-order valence-electron chi connectivity index (χ3n) is 4.34. The number of ether oxygens (including phenoxy) is 2. The van der Waals surface area contributed by atoms with Crippen molar-refractivity contribution >= 4 is 5.91 Å². The summed E-state index contributed by atoms with van der Waals surface area (Å²) in [7, 11) is 1.63. The first-order chi connectivity index (χ1) is 11.4. The van der Waals surface area contributed by atoms with Crippen molar-refractivity contribution in [1.29, 1.82) is 0 Å². The molecule has 0 fully saturated rings. The molecular formula is C20H23NO3. The number of carbonyl (C=O) groups is 1. The van der Waals surface area contributed by atoms with E-state index in [0.717, 1.165) is 29.0 Å². The second-order valence-electron chi connectivity index (χ2n) is 6.81. The number of fused-ring (bicyclic) bond motifs is 1. The lowest BCUT2D eigenvalue weighted by atomic mass is 9.89. The summed E-state index contributed by atoms with van der Waals surface area (Å²) in [6.45, 7) is 6.02. The molecule has 0 spiro atoms. The van der Waals surface area contributed by atoms with Gasteiger partial charge in [-0.25, -0.2) is 0 Å². The summed E-state index contributed by atoms with van der Waals surface area (Å²) < 4.78 is 11.3. The van der Waals surface area contributed by atoms with Gasteiger partial charge in [0.15, 0.2) is 0 Å². The number of nitrogens with one attached hydrogen (secondary N) is 1. The van der Waals surface area contributed by atoms with Crippen molar-refractivity contribution in [1.82, 2.24) is 5.32 Å². The maximum atomic E-state index is 12.7. The number of carbonyl (C=O) groups excluding carboxylic acids is 1. The molecule has 1 amide bonds. The topological polar surface area (TPSA) is 47.6 Å². The zero-order valence-electron chi connectivity index (χ0n) is 14.6. The maximum absolute atomic E-state index is 12.7. The van der Waals surface area contributed by atoms with Crippen LogP contribution in [0.25, 0.3) is 0 Å². The van der Waals surface area contributed by atoms with Gasteiger partial charge in [0.25, 0.3) is 5.91 Å². The summed E-state index contributed by atoms with van der Waals surface area (Å²) in [5.41, 5.74) is 2.28. The quantitative estimate of drug-likeness (QED) is 0.926. The zero-order valence-corrected chi connectivity index (χ0v) is 14.6. The summed E-state index contributed by atoms with van der Waals surface area (Å²) in [6.07, 6.45) is 0.727. The van der Waals surface area contributed by atoms with Gasteiger partial charge in [-0.1, -0.05) is 18.2 Å². The monoisotopic (exact) mass is 325 g/mol. The number of amides is 1. The van der Waals surface area contributed by atoms with Gasteiger partial charge in [0.2, 0.25) is 0 Å². The molecule has 1 aliphatic heterocycles. The van der Waals surface area contributed by atoms with E-state index in [1.54, 1.807) is 13.2 Å². The van der Waals surface area contributed by atoms with Gasteiger partial charge >= 0.3 is 0 Å². The summed E-state index contributed by atoms with van der Waals surface area (Å²) in [4.78, 5) is 12.7. The minimum Gasteiger partial charge on any atom is -0.496 e. The van der Waals surface area contributed by atoms with E-state index >= 15 is 0 Å². The second kappa shape index (κ2) is 6.19. The van der Waals surface area contributed by atoms with Crippen LogP contribution < -0.4 is 14.8 Å². The Morgan fingerprint density at radius 2 is 2.00 bits per heavy atom. The summed E-state index contributed by atoms with van der Waals surface area (Å²) in [5, 5.41) is 3.15. The molecule has 126 valence electrons. The number of aryl methyl sites for hydroxylation is 1. The highest BCUT2D eigenvalue weighted by atomic mass is 16.5. The molecule has 2 aromatic rings. The lowest BCUT2D eigenvalue weighted by molar-refractivity contribution is 0.0619. The Hall–Kier alpha value is -2.49. The van der Waals surface area contributed by atoms with Crippen LogP contribution in [0.15, 0.2) is 42.5 Å². The van der Waals surface area contributed by atoms with Crippen LogP contribution in [0, 0.1) is 6.92 Å². The molecule has 4 heteroatoms. The molecule has 0 bridgehead atoms. The highest BCUT2D eigenvalue weighted by Crippen LogP contribution is 2.39. The lowest BCUT2D eigenvalue weighted by Gasteiger charge is -2.37. The van der Waals surface area contributed by atoms with E-state index in [-0.39, 0.29) is 17.6 Å². The van der Waals surface area contributed by atoms with Crippen molar-refractivity contribution in [2.45, 2.75) is 38.8 Å². The summed E-state index contributed by atoms with van der Waals surface area (Å²) in [6, 6.07) is 13.3. The van der Waals surface area contributed by atoms with E-state index in [4.69, 9.17) is 9.47 Å². The molecule has 0 saturated heterocycles. The van der Waals surface area contributed by atoms with Gasteiger partial charge in [0, 0.05) is 17.5 Å². The average molecular weight is 325 g/mol. The highest BCUT2D eigenvalue weighted by molar-refractivity contribution is 5.95. The average Bonchev–Trinajstić information content (AvgIpc) is 2.53. The Balaban J connectivity index is 1.85. The molecule has 0 radical (unpaired) electrons. The predicted octanol–water partition coefficient (Wildman–Crippen LogP) is 4.04. The van der Waals surface area contributed by atoms with E-state index in [1.165, 1.54) is 0 Å². The normalized spacial score (nSPS) is 18.2. The van der Waals surface area contributed by atoms with E-state index in [2.05, 4.69) is 5.32 Å². The highest BCUT2D eigenvalue weighted by Gasteiger charge is 2.34. The van der Waals surface area contributed by atoms with Crippen LogP contribution in [0.2, 0.25) is 0 Å². The molecule has 1 aliphatic rings. The molecule has 0 saturated carbocycles. The summed E-state index contributed by atoms with van der Waals surface area (Å²) in [5.74, 6) is 1.53. The fourth-order valence-corrected chi connectivity index (χ4v) is 3.19. The SMILES string of the molecule is COc1ccc(C(=O)N[C@H]2CC(C)(C)Oc3ccccc32)cc1C. The molecular weight excluding hydrogens is 302 g/mol. The number of hydrogen-bond acceptors (Lipinski definition) is 3. The van der Waals surface area contributed by atoms with Gasteiger partial charge in [-0.3, -0.25) is 4.79 Å². The molecule has 0 unspecified atom stereocenters. The Morgan fingerprint density at radius 3 is 2.71 bits per heavy atom. The molecule has 0 aliphatic carbocycles. The van der Waals surface area contributed by atoms with E-state index in [1.807, 2.05) is 57.2 Å². The van der Waals surface area contributed by atoms with Gasteiger partial charge in [-0.05, 0) is 50.6 Å². The smallest absolute Gasteiger partial charge is 0.251 e. The number of methoxy groups -OCH3 is 1. The molecule has 1 heterocycles. The first-order valence-corrected chi connectivity index (χ1v) is 8.13. The Morgan fingerprint density at radius 1 is 1.25 bits per heavy atom. The van der Waals surface area contributed by atoms with Gasteiger partial charge in [0.05, 0.1) is 13.2 Å². The predicted molar refractivity (Wildman–Crippen MR) is 93.7 cm³/mol. The van der Waals surface area contributed by atoms with Crippen molar-refractivity contribution in [3.8, 4) is 11.5 Å². The third kappa shape index (κ3) is 3.23. The van der Waals surface area contributed by atoms with Crippen molar-refractivity contribution in [2.75, 3.05) is 7.11 Å². The van der Waals surface area contributed by atoms with Gasteiger partial charge in [-0.2, -0.15) is 0 Å².